The topological polar surface area (TPSA) is 89.0 Å². The van der Waals surface area contributed by atoms with Crippen molar-refractivity contribution in [3.05, 3.63) is 47.5 Å². The van der Waals surface area contributed by atoms with Crippen molar-refractivity contribution in [3.8, 4) is 23.0 Å². The van der Waals surface area contributed by atoms with Crippen molar-refractivity contribution < 1.29 is 18.9 Å². The fourth-order valence-electron chi connectivity index (χ4n) is 4.10. The number of unbranched alkanes of at least 4 members (excludes halogenated alkanes) is 1. The molecule has 1 atom stereocenters. The van der Waals surface area contributed by atoms with Gasteiger partial charge in [-0.05, 0) is 31.4 Å². The summed E-state index contributed by atoms with van der Waals surface area (Å²) in [6, 6.07) is 7.50. The molecule has 0 aliphatic rings. The first-order valence-electron chi connectivity index (χ1n) is 10.5. The molecule has 0 spiro atoms. The van der Waals surface area contributed by atoms with E-state index < -0.39 is 0 Å². The number of rotatable bonds is 11. The zero-order chi connectivity index (χ0) is 23.1. The molecule has 2 aromatic carbocycles. The summed E-state index contributed by atoms with van der Waals surface area (Å²) in [6.07, 6.45) is 3.11. The highest BCUT2D eigenvalue weighted by atomic mass is 16.5. The number of methoxy groups -OCH3 is 4. The summed E-state index contributed by atoms with van der Waals surface area (Å²) in [5.74, 6) is 2.56. The van der Waals surface area contributed by atoms with Crippen LogP contribution in [0.25, 0.3) is 0 Å². The predicted molar refractivity (Wildman–Crippen MR) is 128 cm³/mol. The van der Waals surface area contributed by atoms with Crippen LogP contribution in [-0.4, -0.2) is 28.4 Å². The number of benzene rings is 2. The average molecular weight is 429 g/mol. The van der Waals surface area contributed by atoms with E-state index in [0.29, 0.717) is 34.4 Å². The fourth-order valence-corrected chi connectivity index (χ4v) is 4.10. The third-order valence-corrected chi connectivity index (χ3v) is 5.74. The van der Waals surface area contributed by atoms with Crippen LogP contribution in [0.2, 0.25) is 0 Å². The molecule has 6 heteroatoms. The van der Waals surface area contributed by atoms with Gasteiger partial charge < -0.3 is 30.4 Å². The van der Waals surface area contributed by atoms with Crippen LogP contribution in [0.5, 0.6) is 23.0 Å². The smallest absolute Gasteiger partial charge is 0.142 e. The standard InChI is InChI=1S/C25H36N2O4/c1-8-9-10-16(15(2)3)25(17-11-23(30-6)19(26)13-21(17)28-4)18-12-24(31-7)20(27)14-22(18)29-5/h11-14,16,25H,2,8-10,26-27H2,1,3-7H3. The van der Waals surface area contributed by atoms with Crippen molar-refractivity contribution >= 4 is 11.4 Å². The first-order chi connectivity index (χ1) is 14.8. The lowest BCUT2D eigenvalue weighted by atomic mass is 9.74. The molecule has 0 heterocycles. The van der Waals surface area contributed by atoms with Crippen LogP contribution in [0.4, 0.5) is 11.4 Å². The molecule has 0 aliphatic heterocycles. The maximum absolute atomic E-state index is 6.17. The van der Waals surface area contributed by atoms with Crippen LogP contribution >= 0.6 is 0 Å². The molecule has 6 nitrogen and oxygen atoms in total. The van der Waals surface area contributed by atoms with E-state index in [1.807, 2.05) is 12.1 Å². The second-order valence-electron chi connectivity index (χ2n) is 7.74. The Morgan fingerprint density at radius 3 is 1.55 bits per heavy atom. The Morgan fingerprint density at radius 1 is 0.806 bits per heavy atom. The third kappa shape index (κ3) is 5.19. The quantitative estimate of drug-likeness (QED) is 0.368. The number of ether oxygens (including phenoxy) is 4. The molecule has 0 radical (unpaired) electrons. The number of hydrogen-bond acceptors (Lipinski definition) is 6. The van der Waals surface area contributed by atoms with E-state index in [1.165, 1.54) is 0 Å². The molecule has 2 aromatic rings. The first kappa shape index (κ1) is 24.3. The Bertz CT molecular complexity index is 849. The summed E-state index contributed by atoms with van der Waals surface area (Å²) in [5, 5.41) is 0. The molecule has 0 saturated heterocycles. The van der Waals surface area contributed by atoms with E-state index >= 15 is 0 Å². The summed E-state index contributed by atoms with van der Waals surface area (Å²) in [4.78, 5) is 0. The van der Waals surface area contributed by atoms with E-state index in [0.717, 1.165) is 36.0 Å². The van der Waals surface area contributed by atoms with Crippen molar-refractivity contribution in [1.29, 1.82) is 0 Å². The Balaban J connectivity index is 2.88. The molecule has 1 unspecified atom stereocenters. The molecule has 0 aliphatic carbocycles. The highest BCUT2D eigenvalue weighted by molar-refractivity contribution is 5.65. The summed E-state index contributed by atoms with van der Waals surface area (Å²) < 4.78 is 22.6. The Hall–Kier alpha value is -3.02. The molecule has 31 heavy (non-hydrogen) atoms. The van der Waals surface area contributed by atoms with Gasteiger partial charge in [-0.15, -0.1) is 0 Å². The van der Waals surface area contributed by atoms with Crippen LogP contribution in [0.15, 0.2) is 36.4 Å². The van der Waals surface area contributed by atoms with E-state index in [9.17, 15) is 0 Å². The number of hydrogen-bond donors (Lipinski definition) is 2. The number of allylic oxidation sites excluding steroid dienone is 1. The fraction of sp³-hybridized carbons (Fsp3) is 0.440. The normalized spacial score (nSPS) is 11.8. The molecule has 0 saturated carbocycles. The zero-order valence-corrected chi connectivity index (χ0v) is 19.6. The van der Waals surface area contributed by atoms with E-state index in [1.54, 1.807) is 40.6 Å². The van der Waals surface area contributed by atoms with Gasteiger partial charge >= 0.3 is 0 Å². The van der Waals surface area contributed by atoms with Crippen LogP contribution in [0.3, 0.4) is 0 Å². The largest absolute Gasteiger partial charge is 0.496 e. The zero-order valence-electron chi connectivity index (χ0n) is 19.6. The minimum atomic E-state index is -0.127. The summed E-state index contributed by atoms with van der Waals surface area (Å²) in [7, 11) is 6.50. The van der Waals surface area contributed by atoms with Gasteiger partial charge in [-0.2, -0.15) is 0 Å². The summed E-state index contributed by atoms with van der Waals surface area (Å²) in [6.45, 7) is 8.57. The molecule has 2 rings (SSSR count). The Labute approximate surface area is 186 Å². The van der Waals surface area contributed by atoms with E-state index in [2.05, 4.69) is 20.4 Å². The lowest BCUT2D eigenvalue weighted by Gasteiger charge is -2.32. The molecule has 0 amide bonds. The molecule has 0 bridgehead atoms. The van der Waals surface area contributed by atoms with Gasteiger partial charge in [-0.25, -0.2) is 0 Å². The van der Waals surface area contributed by atoms with Gasteiger partial charge in [0.2, 0.25) is 0 Å². The van der Waals surface area contributed by atoms with Crippen molar-refractivity contribution in [3.63, 3.8) is 0 Å². The highest BCUT2D eigenvalue weighted by Gasteiger charge is 2.32. The Morgan fingerprint density at radius 2 is 1.23 bits per heavy atom. The van der Waals surface area contributed by atoms with Gasteiger partial charge in [0.25, 0.3) is 0 Å². The minimum Gasteiger partial charge on any atom is -0.496 e. The van der Waals surface area contributed by atoms with Gasteiger partial charge in [-0.3, -0.25) is 0 Å². The third-order valence-electron chi connectivity index (χ3n) is 5.74. The number of nitrogen functional groups attached to an aromatic ring is 2. The monoisotopic (exact) mass is 428 g/mol. The highest BCUT2D eigenvalue weighted by Crippen LogP contribution is 2.49. The van der Waals surface area contributed by atoms with E-state index in [4.69, 9.17) is 30.4 Å². The molecular formula is C25H36N2O4. The lowest BCUT2D eigenvalue weighted by Crippen LogP contribution is -2.18. The van der Waals surface area contributed by atoms with Crippen LogP contribution in [0.1, 0.15) is 50.2 Å². The Kier molecular flexibility index (Phi) is 8.48. The van der Waals surface area contributed by atoms with Crippen molar-refractivity contribution in [2.45, 2.75) is 39.0 Å². The second-order valence-corrected chi connectivity index (χ2v) is 7.74. The number of nitrogens with two attached hydrogens (primary N) is 2. The molecule has 0 fully saturated rings. The molecular weight excluding hydrogens is 392 g/mol. The van der Waals surface area contributed by atoms with Gasteiger partial charge in [0, 0.05) is 29.2 Å². The predicted octanol–water partition coefficient (Wildman–Crippen LogP) is 5.40. The van der Waals surface area contributed by atoms with Crippen LogP contribution < -0.4 is 30.4 Å². The molecule has 170 valence electrons. The van der Waals surface area contributed by atoms with Gasteiger partial charge in [0.1, 0.15) is 23.0 Å². The maximum atomic E-state index is 6.17. The minimum absolute atomic E-state index is 0.127. The van der Waals surface area contributed by atoms with Crippen molar-refractivity contribution in [2.24, 2.45) is 5.92 Å². The van der Waals surface area contributed by atoms with Crippen LogP contribution in [0, 0.1) is 5.92 Å². The SMILES string of the molecule is C=C(C)C(CCCC)C(c1cc(OC)c(N)cc1OC)c1cc(OC)c(N)cc1OC. The lowest BCUT2D eigenvalue weighted by molar-refractivity contribution is 0.376. The van der Waals surface area contributed by atoms with Gasteiger partial charge in [0.15, 0.2) is 0 Å². The summed E-state index contributed by atoms with van der Waals surface area (Å²) in [5.41, 5.74) is 16.3. The molecule has 4 N–H and O–H groups in total. The average Bonchev–Trinajstić information content (AvgIpc) is 2.76. The maximum Gasteiger partial charge on any atom is 0.142 e. The van der Waals surface area contributed by atoms with Gasteiger partial charge in [-0.1, -0.05) is 31.9 Å². The first-order valence-corrected chi connectivity index (χ1v) is 10.5. The van der Waals surface area contributed by atoms with Crippen molar-refractivity contribution in [1.82, 2.24) is 0 Å². The number of anilines is 2. The van der Waals surface area contributed by atoms with Crippen LogP contribution in [-0.2, 0) is 0 Å². The van der Waals surface area contributed by atoms with E-state index in [-0.39, 0.29) is 11.8 Å². The second kappa shape index (κ2) is 10.8. The van der Waals surface area contributed by atoms with Gasteiger partial charge in [0.05, 0.1) is 39.8 Å². The summed E-state index contributed by atoms with van der Waals surface area (Å²) >= 11 is 0. The molecule has 0 aromatic heterocycles. The van der Waals surface area contributed by atoms with Crippen molar-refractivity contribution in [2.75, 3.05) is 39.9 Å².